The molecule has 1 saturated heterocycles. The smallest absolute Gasteiger partial charge is 0.335 e. The third-order valence-electron chi connectivity index (χ3n) is 3.71. The van der Waals surface area contributed by atoms with Gasteiger partial charge in [-0.05, 0) is 24.7 Å². The molecule has 0 aliphatic carbocycles. The predicted octanol–water partition coefficient (Wildman–Crippen LogP) is -1.79. The fourth-order valence-electron chi connectivity index (χ4n) is 2.39. The van der Waals surface area contributed by atoms with Gasteiger partial charge in [0.1, 0.15) is 24.1 Å². The lowest BCUT2D eigenvalue weighted by Gasteiger charge is -2.38. The van der Waals surface area contributed by atoms with Crippen molar-refractivity contribution in [2.75, 3.05) is 13.6 Å². The van der Waals surface area contributed by atoms with Gasteiger partial charge < -0.3 is 40.3 Å². The van der Waals surface area contributed by atoms with Gasteiger partial charge in [0.05, 0.1) is 6.10 Å². The topological polar surface area (TPSA) is 149 Å². The van der Waals surface area contributed by atoms with Gasteiger partial charge in [-0.25, -0.2) is 4.79 Å². The van der Waals surface area contributed by atoms with Crippen molar-refractivity contribution in [1.29, 1.82) is 0 Å². The average Bonchev–Trinajstić information content (AvgIpc) is 2.55. The molecule has 1 heterocycles. The van der Waals surface area contributed by atoms with E-state index in [-0.39, 0.29) is 5.75 Å². The van der Waals surface area contributed by atoms with Crippen LogP contribution in [-0.2, 0) is 9.53 Å². The fraction of sp³-hybridized carbons (Fsp3) is 0.533. The van der Waals surface area contributed by atoms with Gasteiger partial charge in [-0.2, -0.15) is 0 Å². The zero-order valence-corrected chi connectivity index (χ0v) is 12.9. The molecule has 0 spiro atoms. The van der Waals surface area contributed by atoms with Crippen molar-refractivity contribution in [3.05, 3.63) is 29.8 Å². The fourth-order valence-corrected chi connectivity index (χ4v) is 2.39. The lowest BCUT2D eigenvalue weighted by molar-refractivity contribution is -0.271. The van der Waals surface area contributed by atoms with Crippen LogP contribution >= 0.6 is 0 Å². The lowest BCUT2D eigenvalue weighted by atomic mass is 9.99. The number of aliphatic hydroxyl groups excluding tert-OH is 4. The van der Waals surface area contributed by atoms with Gasteiger partial charge in [0.15, 0.2) is 6.10 Å². The zero-order valence-electron chi connectivity index (χ0n) is 12.9. The van der Waals surface area contributed by atoms with E-state index in [0.29, 0.717) is 12.1 Å². The number of rotatable bonds is 6. The minimum atomic E-state index is -1.78. The highest BCUT2D eigenvalue weighted by Gasteiger charge is 2.48. The molecule has 134 valence electrons. The summed E-state index contributed by atoms with van der Waals surface area (Å²) in [4.78, 5) is 11.1. The van der Waals surface area contributed by atoms with Crippen LogP contribution in [0.4, 0.5) is 0 Å². The van der Waals surface area contributed by atoms with Crippen LogP contribution < -0.4 is 10.1 Å². The van der Waals surface area contributed by atoms with Crippen LogP contribution in [0.25, 0.3) is 0 Å². The minimum absolute atomic E-state index is 0.208. The Morgan fingerprint density at radius 3 is 2.62 bits per heavy atom. The first kappa shape index (κ1) is 18.6. The minimum Gasteiger partial charge on any atom is -0.479 e. The highest BCUT2D eigenvalue weighted by molar-refractivity contribution is 5.73. The molecule has 24 heavy (non-hydrogen) atoms. The molecular formula is C15H21NO8. The number of aliphatic hydroxyl groups is 4. The van der Waals surface area contributed by atoms with Crippen LogP contribution in [0.1, 0.15) is 11.7 Å². The molecule has 1 aromatic rings. The van der Waals surface area contributed by atoms with Crippen LogP contribution in [0.2, 0.25) is 0 Å². The lowest BCUT2D eigenvalue weighted by Crippen LogP contribution is -2.61. The van der Waals surface area contributed by atoms with E-state index in [4.69, 9.17) is 14.6 Å². The highest BCUT2D eigenvalue weighted by Crippen LogP contribution is 2.26. The molecule has 1 aromatic carbocycles. The second kappa shape index (κ2) is 7.88. The maximum atomic E-state index is 11.1. The van der Waals surface area contributed by atoms with Crippen molar-refractivity contribution >= 4 is 5.97 Å². The van der Waals surface area contributed by atoms with Gasteiger partial charge in [-0.3, -0.25) is 0 Å². The molecule has 0 bridgehead atoms. The molecule has 9 heteroatoms. The summed E-state index contributed by atoms with van der Waals surface area (Å²) in [5.41, 5.74) is 0.544. The third kappa shape index (κ3) is 4.01. The second-order valence-corrected chi connectivity index (χ2v) is 5.50. The van der Waals surface area contributed by atoms with Crippen LogP contribution in [-0.4, -0.2) is 75.8 Å². The van der Waals surface area contributed by atoms with Crippen LogP contribution in [0.5, 0.6) is 5.75 Å². The van der Waals surface area contributed by atoms with Gasteiger partial charge in [0.2, 0.25) is 6.29 Å². The maximum absolute atomic E-state index is 11.1. The molecule has 0 saturated carbocycles. The molecule has 1 aliphatic rings. The van der Waals surface area contributed by atoms with Crippen LogP contribution in [0.3, 0.4) is 0 Å². The van der Waals surface area contributed by atoms with E-state index >= 15 is 0 Å². The molecule has 2 rings (SSSR count). The Bertz CT molecular complexity index is 568. The van der Waals surface area contributed by atoms with Crippen LogP contribution in [0, 0.1) is 0 Å². The number of aliphatic carboxylic acids is 1. The predicted molar refractivity (Wildman–Crippen MR) is 80.3 cm³/mol. The molecule has 0 amide bonds. The van der Waals surface area contributed by atoms with E-state index in [1.165, 1.54) is 12.1 Å². The molecule has 5 unspecified atom stereocenters. The number of benzene rings is 1. The van der Waals surface area contributed by atoms with Crippen molar-refractivity contribution in [3.8, 4) is 5.75 Å². The second-order valence-electron chi connectivity index (χ2n) is 5.50. The number of ether oxygens (including phenoxy) is 2. The first-order valence-electron chi connectivity index (χ1n) is 7.37. The highest BCUT2D eigenvalue weighted by atomic mass is 16.7. The van der Waals surface area contributed by atoms with Crippen molar-refractivity contribution in [2.24, 2.45) is 0 Å². The average molecular weight is 343 g/mol. The molecular weight excluding hydrogens is 322 g/mol. The van der Waals surface area contributed by atoms with Crippen molar-refractivity contribution in [1.82, 2.24) is 5.32 Å². The third-order valence-corrected chi connectivity index (χ3v) is 3.71. The Kier molecular flexibility index (Phi) is 6.10. The SMILES string of the molecule is CNC[C@@H](O)c1cccc(OC2OC(C(=O)O)C(O)C(O)C2O)c1. The molecule has 9 nitrogen and oxygen atoms in total. The van der Waals surface area contributed by atoms with Crippen molar-refractivity contribution in [3.63, 3.8) is 0 Å². The number of carbonyl (C=O) groups is 1. The number of likely N-dealkylation sites (N-methyl/N-ethyl adjacent to an activating group) is 1. The normalized spacial score (nSPS) is 31.5. The first-order chi connectivity index (χ1) is 11.3. The summed E-state index contributed by atoms with van der Waals surface area (Å²) < 4.78 is 10.4. The van der Waals surface area contributed by atoms with E-state index in [9.17, 15) is 25.2 Å². The summed E-state index contributed by atoms with van der Waals surface area (Å²) in [6.45, 7) is 0.317. The molecule has 6 atom stereocenters. The Labute approximate surface area is 138 Å². The summed E-state index contributed by atoms with van der Waals surface area (Å²) in [6.07, 6.45) is -9.15. The Balaban J connectivity index is 2.14. The molecule has 0 radical (unpaired) electrons. The number of carboxylic acid groups (broad SMARTS) is 1. The van der Waals surface area contributed by atoms with E-state index in [1.807, 2.05) is 0 Å². The summed E-state index contributed by atoms with van der Waals surface area (Å²) >= 11 is 0. The van der Waals surface area contributed by atoms with Crippen LogP contribution in [0.15, 0.2) is 24.3 Å². The summed E-state index contributed by atoms with van der Waals surface area (Å²) in [5.74, 6) is -1.28. The van der Waals surface area contributed by atoms with Gasteiger partial charge in [0, 0.05) is 6.54 Å². The largest absolute Gasteiger partial charge is 0.479 e. The van der Waals surface area contributed by atoms with E-state index in [1.54, 1.807) is 19.2 Å². The summed E-state index contributed by atoms with van der Waals surface area (Å²) in [7, 11) is 1.69. The van der Waals surface area contributed by atoms with Gasteiger partial charge in [0.25, 0.3) is 0 Å². The molecule has 6 N–H and O–H groups in total. The van der Waals surface area contributed by atoms with Gasteiger partial charge >= 0.3 is 5.97 Å². The summed E-state index contributed by atoms with van der Waals surface area (Å²) in [5, 5.41) is 51.1. The summed E-state index contributed by atoms with van der Waals surface area (Å²) in [6, 6.07) is 6.31. The quantitative estimate of drug-likeness (QED) is 0.352. The molecule has 0 aromatic heterocycles. The molecule has 1 aliphatic heterocycles. The van der Waals surface area contributed by atoms with E-state index < -0.39 is 42.8 Å². The maximum Gasteiger partial charge on any atom is 0.335 e. The molecule has 1 fully saturated rings. The number of hydrogen-bond acceptors (Lipinski definition) is 8. The standard InChI is InChI=1S/C15H21NO8/c1-16-6-9(17)7-3-2-4-8(5-7)23-15-12(20)10(18)11(19)13(24-15)14(21)22/h2-5,9-13,15-20H,6H2,1H3,(H,21,22)/t9-,10?,11?,12?,13?,15?/m1/s1. The van der Waals surface area contributed by atoms with E-state index in [0.717, 1.165) is 0 Å². The zero-order chi connectivity index (χ0) is 17.9. The van der Waals surface area contributed by atoms with Crippen molar-refractivity contribution < 1.29 is 39.8 Å². The Morgan fingerprint density at radius 1 is 1.29 bits per heavy atom. The first-order valence-corrected chi connectivity index (χ1v) is 7.37. The Morgan fingerprint density at radius 2 is 2.00 bits per heavy atom. The van der Waals surface area contributed by atoms with Crippen molar-refractivity contribution in [2.45, 2.75) is 36.8 Å². The Hall–Kier alpha value is -1.75. The van der Waals surface area contributed by atoms with Gasteiger partial charge in [-0.15, -0.1) is 0 Å². The monoisotopic (exact) mass is 343 g/mol. The number of hydrogen-bond donors (Lipinski definition) is 6. The number of nitrogens with one attached hydrogen (secondary N) is 1. The number of carboxylic acids is 1. The van der Waals surface area contributed by atoms with E-state index in [2.05, 4.69) is 5.32 Å². The van der Waals surface area contributed by atoms with Gasteiger partial charge in [-0.1, -0.05) is 12.1 Å².